The van der Waals surface area contributed by atoms with Crippen LogP contribution < -0.4 is 9.47 Å². The van der Waals surface area contributed by atoms with Crippen molar-refractivity contribution in [1.82, 2.24) is 9.88 Å². The van der Waals surface area contributed by atoms with Crippen LogP contribution in [0.2, 0.25) is 0 Å². The van der Waals surface area contributed by atoms with Crippen molar-refractivity contribution in [2.45, 2.75) is 39.5 Å². The van der Waals surface area contributed by atoms with Gasteiger partial charge in [-0.05, 0) is 78.1 Å². The average Bonchev–Trinajstić information content (AvgIpc) is 3.25. The Bertz CT molecular complexity index is 1550. The summed E-state index contributed by atoms with van der Waals surface area (Å²) >= 11 is 0. The standard InChI is InChI=1S/C34H32N2O5/c1-3-19-40-28-14-10-25(11-15-28)31-30(33(38)34(39)36(31)21-24-8-6-18-35-20-24)32(37)26-12-16-29(17-13-26)41-22-27-9-5-4-7-23(27)2/h4-18,20,31,37H,3,19,21-22H2,1-2H3/b32-30+. The van der Waals surface area contributed by atoms with E-state index in [-0.39, 0.29) is 17.9 Å². The van der Waals surface area contributed by atoms with Gasteiger partial charge in [0.2, 0.25) is 0 Å². The van der Waals surface area contributed by atoms with E-state index in [1.54, 1.807) is 42.7 Å². The van der Waals surface area contributed by atoms with Crippen LogP contribution in [0.15, 0.2) is 103 Å². The fourth-order valence-electron chi connectivity index (χ4n) is 4.84. The molecule has 7 heteroatoms. The first-order valence-electron chi connectivity index (χ1n) is 13.6. The summed E-state index contributed by atoms with van der Waals surface area (Å²) in [6.45, 7) is 5.23. The van der Waals surface area contributed by atoms with Crippen LogP contribution in [0.5, 0.6) is 11.5 Å². The third kappa shape index (κ3) is 6.14. The fraction of sp³-hybridized carbons (Fsp3) is 0.206. The van der Waals surface area contributed by atoms with Crippen molar-refractivity contribution >= 4 is 17.4 Å². The van der Waals surface area contributed by atoms with Gasteiger partial charge in [-0.2, -0.15) is 0 Å². The van der Waals surface area contributed by atoms with Crippen molar-refractivity contribution in [3.8, 4) is 11.5 Å². The smallest absolute Gasteiger partial charge is 0.295 e. The van der Waals surface area contributed by atoms with E-state index < -0.39 is 17.7 Å². The van der Waals surface area contributed by atoms with Crippen molar-refractivity contribution in [3.63, 3.8) is 0 Å². The van der Waals surface area contributed by atoms with E-state index in [1.165, 1.54) is 4.90 Å². The predicted molar refractivity (Wildman–Crippen MR) is 156 cm³/mol. The van der Waals surface area contributed by atoms with E-state index >= 15 is 0 Å². The first-order chi connectivity index (χ1) is 20.0. The highest BCUT2D eigenvalue weighted by Crippen LogP contribution is 2.40. The largest absolute Gasteiger partial charge is 0.507 e. The van der Waals surface area contributed by atoms with Crippen LogP contribution in [0.3, 0.4) is 0 Å². The molecule has 1 unspecified atom stereocenters. The normalized spacial score (nSPS) is 16.1. The van der Waals surface area contributed by atoms with Gasteiger partial charge in [0.25, 0.3) is 11.7 Å². The molecule has 4 aromatic rings. The number of pyridine rings is 1. The minimum Gasteiger partial charge on any atom is -0.507 e. The first-order valence-corrected chi connectivity index (χ1v) is 13.6. The van der Waals surface area contributed by atoms with E-state index in [0.29, 0.717) is 35.8 Å². The molecular weight excluding hydrogens is 516 g/mol. The lowest BCUT2D eigenvalue weighted by molar-refractivity contribution is -0.140. The summed E-state index contributed by atoms with van der Waals surface area (Å²) in [5.74, 6) is -0.326. The number of carbonyl (C=O) groups is 2. The molecule has 1 aliphatic heterocycles. The number of likely N-dealkylation sites (tertiary alicyclic amines) is 1. The molecule has 1 atom stereocenters. The summed E-state index contributed by atoms with van der Waals surface area (Å²) in [6.07, 6.45) is 4.19. The molecule has 1 amide bonds. The van der Waals surface area contributed by atoms with Gasteiger partial charge in [0.15, 0.2) is 0 Å². The summed E-state index contributed by atoms with van der Waals surface area (Å²) in [5.41, 5.74) is 4.14. The number of Topliss-reactive ketones (excluding diaryl/α,β-unsaturated/α-hetero) is 1. The van der Waals surface area contributed by atoms with E-state index in [4.69, 9.17) is 9.47 Å². The average molecular weight is 549 g/mol. The molecule has 1 aromatic heterocycles. The minimum atomic E-state index is -0.785. The molecule has 0 bridgehead atoms. The number of rotatable bonds is 10. The Balaban J connectivity index is 1.47. The van der Waals surface area contributed by atoms with Gasteiger partial charge in [0.1, 0.15) is 23.9 Å². The van der Waals surface area contributed by atoms with Crippen LogP contribution in [0.1, 0.15) is 47.2 Å². The number of carbonyl (C=O) groups excluding carboxylic acids is 2. The highest BCUT2D eigenvalue weighted by atomic mass is 16.5. The van der Waals surface area contributed by atoms with E-state index in [1.807, 2.05) is 68.4 Å². The lowest BCUT2D eigenvalue weighted by Gasteiger charge is -2.25. The number of aliphatic hydroxyl groups excluding tert-OH is 1. The number of nitrogens with zero attached hydrogens (tertiary/aromatic N) is 2. The third-order valence-electron chi connectivity index (χ3n) is 7.07. The number of ether oxygens (including phenoxy) is 2. The van der Waals surface area contributed by atoms with Crippen LogP contribution >= 0.6 is 0 Å². The van der Waals surface area contributed by atoms with Gasteiger partial charge in [-0.25, -0.2) is 0 Å². The summed E-state index contributed by atoms with van der Waals surface area (Å²) in [7, 11) is 0. The lowest BCUT2D eigenvalue weighted by Crippen LogP contribution is -2.29. The molecule has 1 aliphatic rings. The second-order valence-corrected chi connectivity index (χ2v) is 9.95. The van der Waals surface area contributed by atoms with Crippen LogP contribution in [-0.2, 0) is 22.7 Å². The summed E-state index contributed by atoms with van der Waals surface area (Å²) < 4.78 is 11.7. The van der Waals surface area contributed by atoms with Crippen molar-refractivity contribution in [1.29, 1.82) is 0 Å². The zero-order chi connectivity index (χ0) is 28.8. The van der Waals surface area contributed by atoms with E-state index in [0.717, 1.165) is 23.1 Å². The molecule has 0 radical (unpaired) electrons. The third-order valence-corrected chi connectivity index (χ3v) is 7.07. The highest BCUT2D eigenvalue weighted by molar-refractivity contribution is 6.46. The Labute approximate surface area is 239 Å². The Morgan fingerprint density at radius 3 is 2.29 bits per heavy atom. The molecule has 208 valence electrons. The number of aryl methyl sites for hydroxylation is 1. The SMILES string of the molecule is CCCOc1ccc(C2/C(=C(\O)c3ccc(OCc4ccccc4C)cc3)C(=O)C(=O)N2Cc2cccnc2)cc1. The van der Waals surface area contributed by atoms with Crippen molar-refractivity contribution in [3.05, 3.63) is 131 Å². The number of benzene rings is 3. The Morgan fingerprint density at radius 2 is 1.61 bits per heavy atom. The van der Waals surface area contributed by atoms with Gasteiger partial charge in [-0.3, -0.25) is 14.6 Å². The fourth-order valence-corrected chi connectivity index (χ4v) is 4.84. The summed E-state index contributed by atoms with van der Waals surface area (Å²) in [4.78, 5) is 32.3. The van der Waals surface area contributed by atoms with Gasteiger partial charge in [0, 0.05) is 24.5 Å². The van der Waals surface area contributed by atoms with Crippen molar-refractivity contribution in [2.24, 2.45) is 0 Å². The zero-order valence-electron chi connectivity index (χ0n) is 23.1. The Kier molecular flexibility index (Phi) is 8.44. The Hall–Kier alpha value is -4.91. The van der Waals surface area contributed by atoms with Gasteiger partial charge in [-0.15, -0.1) is 0 Å². The summed E-state index contributed by atoms with van der Waals surface area (Å²) in [5, 5.41) is 11.4. The van der Waals surface area contributed by atoms with Crippen LogP contribution in [0.25, 0.3) is 5.76 Å². The Morgan fingerprint density at radius 1 is 0.902 bits per heavy atom. The number of hydrogen-bond donors (Lipinski definition) is 1. The zero-order valence-corrected chi connectivity index (χ0v) is 23.1. The molecule has 7 nitrogen and oxygen atoms in total. The maximum Gasteiger partial charge on any atom is 0.295 e. The second kappa shape index (κ2) is 12.5. The number of ketones is 1. The molecule has 0 aliphatic carbocycles. The monoisotopic (exact) mass is 548 g/mol. The number of hydrogen-bond acceptors (Lipinski definition) is 6. The van der Waals surface area contributed by atoms with Crippen molar-refractivity contribution in [2.75, 3.05) is 6.61 Å². The molecule has 3 aromatic carbocycles. The maximum absolute atomic E-state index is 13.4. The number of aromatic nitrogens is 1. The van der Waals surface area contributed by atoms with Gasteiger partial charge in [-0.1, -0.05) is 49.4 Å². The van der Waals surface area contributed by atoms with Gasteiger partial charge in [0.05, 0.1) is 18.2 Å². The molecule has 0 spiro atoms. The van der Waals surface area contributed by atoms with E-state index in [2.05, 4.69) is 4.98 Å². The predicted octanol–water partition coefficient (Wildman–Crippen LogP) is 6.38. The number of amides is 1. The van der Waals surface area contributed by atoms with E-state index in [9.17, 15) is 14.7 Å². The number of aliphatic hydroxyl groups is 1. The lowest BCUT2D eigenvalue weighted by atomic mass is 9.95. The molecule has 1 N–H and O–H groups in total. The quantitative estimate of drug-likeness (QED) is 0.141. The molecular formula is C34H32N2O5. The second-order valence-electron chi connectivity index (χ2n) is 9.95. The first kappa shape index (κ1) is 27.6. The highest BCUT2D eigenvalue weighted by Gasteiger charge is 2.46. The topological polar surface area (TPSA) is 89.0 Å². The molecule has 0 saturated carbocycles. The molecule has 2 heterocycles. The molecule has 5 rings (SSSR count). The summed E-state index contributed by atoms with van der Waals surface area (Å²) in [6, 6.07) is 25.0. The van der Waals surface area contributed by atoms with Crippen molar-refractivity contribution < 1.29 is 24.2 Å². The molecule has 1 fully saturated rings. The van der Waals surface area contributed by atoms with Crippen LogP contribution in [0.4, 0.5) is 0 Å². The van der Waals surface area contributed by atoms with Gasteiger partial charge < -0.3 is 19.5 Å². The maximum atomic E-state index is 13.4. The van der Waals surface area contributed by atoms with Crippen LogP contribution in [-0.4, -0.2) is 33.3 Å². The molecule has 41 heavy (non-hydrogen) atoms. The van der Waals surface area contributed by atoms with Gasteiger partial charge >= 0.3 is 0 Å². The van der Waals surface area contributed by atoms with Crippen LogP contribution in [0, 0.1) is 6.92 Å². The minimum absolute atomic E-state index is 0.0368. The molecule has 1 saturated heterocycles.